The fourth-order valence-corrected chi connectivity index (χ4v) is 5.25. The lowest BCUT2D eigenvalue weighted by atomic mass is 10.2. The molecule has 1 aliphatic rings. The second-order valence-corrected chi connectivity index (χ2v) is 11.2. The van der Waals surface area contributed by atoms with Gasteiger partial charge in [0.1, 0.15) is 30.3 Å². The first-order chi connectivity index (χ1) is 15.3. The maximum Gasteiger partial charge on any atom is 0.522 e. The molecule has 0 atom stereocenters. The standard InChI is InChI=1S/C24H29FN2O5S/c1-17-6-9-20(10-7-17)33(30,31)18(2)27(23(29)32-24(3,4)5)14-12-26(13-15-27)22-11-8-19(28)16-21(22)25/h6-11,16H,2,12-15H2,1,3-5H3/p+1. The number of hydrogen-bond donors (Lipinski definition) is 1. The van der Waals surface area contributed by atoms with Crippen molar-refractivity contribution in [3.63, 3.8) is 0 Å². The highest BCUT2D eigenvalue weighted by molar-refractivity contribution is 7.95. The molecule has 1 saturated heterocycles. The molecular formula is C24H30FN2O5S+. The maximum absolute atomic E-state index is 14.4. The number of phenolic OH excluding ortho intramolecular Hbond substituents is 1. The Hall–Kier alpha value is -2.91. The lowest BCUT2D eigenvalue weighted by molar-refractivity contribution is -0.814. The van der Waals surface area contributed by atoms with Gasteiger partial charge >= 0.3 is 6.09 Å². The van der Waals surface area contributed by atoms with Gasteiger partial charge in [-0.05, 0) is 58.5 Å². The molecule has 2 aromatic carbocycles. The number of anilines is 1. The van der Waals surface area contributed by atoms with Crippen molar-refractivity contribution in [1.29, 1.82) is 0 Å². The number of halogens is 1. The first-order valence-corrected chi connectivity index (χ1v) is 12.1. The average Bonchev–Trinajstić information content (AvgIpc) is 2.72. The summed E-state index contributed by atoms with van der Waals surface area (Å²) in [6.45, 7) is 11.3. The highest BCUT2D eigenvalue weighted by Crippen LogP contribution is 2.34. The molecule has 1 N–H and O–H groups in total. The van der Waals surface area contributed by atoms with Gasteiger partial charge in [-0.25, -0.2) is 12.8 Å². The van der Waals surface area contributed by atoms with Crippen molar-refractivity contribution in [3.05, 3.63) is 65.5 Å². The topological polar surface area (TPSA) is 83.9 Å². The normalized spacial score (nSPS) is 16.3. The predicted octanol–water partition coefficient (Wildman–Crippen LogP) is 4.36. The summed E-state index contributed by atoms with van der Waals surface area (Å²) < 4.78 is 46.3. The quantitative estimate of drug-likeness (QED) is 0.659. The number of hydrogen-bond acceptors (Lipinski definition) is 6. The molecule has 33 heavy (non-hydrogen) atoms. The second kappa shape index (κ2) is 8.79. The summed E-state index contributed by atoms with van der Waals surface area (Å²) >= 11 is 0. The molecule has 3 rings (SSSR count). The minimum absolute atomic E-state index is 0.0269. The summed E-state index contributed by atoms with van der Waals surface area (Å²) in [6.07, 6.45) is -0.714. The molecule has 0 aliphatic carbocycles. The van der Waals surface area contributed by atoms with E-state index < -0.39 is 31.8 Å². The van der Waals surface area contributed by atoms with E-state index >= 15 is 0 Å². The summed E-state index contributed by atoms with van der Waals surface area (Å²) in [6, 6.07) is 10.2. The lowest BCUT2D eigenvalue weighted by Crippen LogP contribution is -2.63. The summed E-state index contributed by atoms with van der Waals surface area (Å²) in [5.74, 6) is -0.789. The van der Waals surface area contributed by atoms with E-state index in [9.17, 15) is 22.7 Å². The van der Waals surface area contributed by atoms with Crippen molar-refractivity contribution >= 4 is 21.6 Å². The first kappa shape index (κ1) is 24.7. The number of piperazine rings is 1. The third kappa shape index (κ3) is 5.04. The fraction of sp³-hybridized carbons (Fsp3) is 0.375. The van der Waals surface area contributed by atoms with Gasteiger partial charge in [-0.1, -0.05) is 17.7 Å². The third-order valence-corrected chi connectivity index (χ3v) is 7.50. The van der Waals surface area contributed by atoms with Crippen LogP contribution in [0.15, 0.2) is 59.0 Å². The van der Waals surface area contributed by atoms with Gasteiger partial charge in [0.25, 0.3) is 9.84 Å². The average molecular weight is 478 g/mol. The number of benzene rings is 2. The van der Waals surface area contributed by atoms with E-state index in [0.717, 1.165) is 11.6 Å². The Morgan fingerprint density at radius 1 is 1.12 bits per heavy atom. The smallest absolute Gasteiger partial charge is 0.508 e. The maximum atomic E-state index is 14.4. The summed E-state index contributed by atoms with van der Waals surface area (Å²) in [7, 11) is -4.06. The van der Waals surface area contributed by atoms with Crippen LogP contribution in [-0.2, 0) is 14.6 Å². The number of ether oxygens (including phenoxy) is 1. The lowest BCUT2D eigenvalue weighted by Gasteiger charge is -2.42. The van der Waals surface area contributed by atoms with Gasteiger partial charge < -0.3 is 14.7 Å². The van der Waals surface area contributed by atoms with Crippen LogP contribution in [0.2, 0.25) is 0 Å². The number of aryl methyl sites for hydroxylation is 1. The number of nitrogens with zero attached hydrogens (tertiary/aromatic N) is 2. The summed E-state index contributed by atoms with van der Waals surface area (Å²) in [5.41, 5.74) is 0.332. The zero-order valence-corrected chi connectivity index (χ0v) is 20.2. The fourth-order valence-electron chi connectivity index (χ4n) is 3.77. The van der Waals surface area contributed by atoms with Crippen LogP contribution in [0.4, 0.5) is 14.9 Å². The largest absolute Gasteiger partial charge is 0.522 e. The van der Waals surface area contributed by atoms with E-state index in [2.05, 4.69) is 6.58 Å². The van der Waals surface area contributed by atoms with Crippen LogP contribution >= 0.6 is 0 Å². The summed E-state index contributed by atoms with van der Waals surface area (Å²) in [4.78, 5) is 15.1. The van der Waals surface area contributed by atoms with E-state index in [1.165, 1.54) is 24.3 Å². The van der Waals surface area contributed by atoms with Gasteiger partial charge in [0, 0.05) is 6.07 Å². The molecule has 0 spiro atoms. The number of phenols is 1. The molecule has 178 valence electrons. The van der Waals surface area contributed by atoms with Crippen LogP contribution in [-0.4, -0.2) is 55.9 Å². The Labute approximate surface area is 194 Å². The van der Waals surface area contributed by atoms with Crippen LogP contribution in [0, 0.1) is 12.7 Å². The number of aromatic hydroxyl groups is 1. The molecule has 1 heterocycles. The number of quaternary nitrogens is 1. The predicted molar refractivity (Wildman–Crippen MR) is 124 cm³/mol. The molecule has 9 heteroatoms. The molecule has 2 aromatic rings. The third-order valence-electron chi connectivity index (χ3n) is 5.64. The SMILES string of the molecule is C=C([N+]1(C(=O)OC(C)(C)C)CCN(c2ccc(O)cc2F)CC1)S(=O)(=O)c1ccc(C)cc1. The van der Waals surface area contributed by atoms with Gasteiger partial charge in [-0.2, -0.15) is 9.28 Å². The van der Waals surface area contributed by atoms with Crippen molar-refractivity contribution in [3.8, 4) is 5.75 Å². The Morgan fingerprint density at radius 2 is 1.70 bits per heavy atom. The van der Waals surface area contributed by atoms with Gasteiger partial charge in [0.15, 0.2) is 0 Å². The Balaban J connectivity index is 1.97. The molecule has 0 radical (unpaired) electrons. The molecule has 1 fully saturated rings. The number of sulfone groups is 1. The number of carbonyl (C=O) groups is 1. The van der Waals surface area contributed by atoms with Crippen LogP contribution < -0.4 is 4.90 Å². The first-order valence-electron chi connectivity index (χ1n) is 10.6. The van der Waals surface area contributed by atoms with Crippen LogP contribution in [0.25, 0.3) is 0 Å². The van der Waals surface area contributed by atoms with E-state index in [-0.39, 0.29) is 47.5 Å². The van der Waals surface area contributed by atoms with E-state index in [1.807, 2.05) is 6.92 Å². The van der Waals surface area contributed by atoms with Crippen molar-refractivity contribution < 1.29 is 31.9 Å². The Morgan fingerprint density at radius 3 is 2.21 bits per heavy atom. The highest BCUT2D eigenvalue weighted by Gasteiger charge is 2.51. The van der Waals surface area contributed by atoms with Gasteiger partial charge in [0.2, 0.25) is 5.03 Å². The van der Waals surface area contributed by atoms with Crippen LogP contribution in [0.1, 0.15) is 26.3 Å². The van der Waals surface area contributed by atoms with Gasteiger partial charge in [0.05, 0.1) is 23.7 Å². The van der Waals surface area contributed by atoms with Crippen molar-refractivity contribution in [2.24, 2.45) is 0 Å². The molecule has 7 nitrogen and oxygen atoms in total. The highest BCUT2D eigenvalue weighted by atomic mass is 32.2. The van der Waals surface area contributed by atoms with Crippen molar-refractivity contribution in [2.45, 2.75) is 38.2 Å². The van der Waals surface area contributed by atoms with E-state index in [0.29, 0.717) is 0 Å². The molecule has 0 unspecified atom stereocenters. The molecular weight excluding hydrogens is 447 g/mol. The number of carbonyl (C=O) groups excluding carboxylic acids is 1. The zero-order chi connectivity index (χ0) is 24.6. The molecule has 0 saturated carbocycles. The second-order valence-electron chi connectivity index (χ2n) is 9.23. The minimum Gasteiger partial charge on any atom is -0.508 e. The van der Waals surface area contributed by atoms with Crippen molar-refractivity contribution in [2.75, 3.05) is 31.1 Å². The van der Waals surface area contributed by atoms with Crippen LogP contribution in [0.3, 0.4) is 0 Å². The number of amides is 1. The summed E-state index contributed by atoms with van der Waals surface area (Å²) in [5, 5.41) is 9.21. The molecule has 1 amide bonds. The minimum atomic E-state index is -4.06. The van der Waals surface area contributed by atoms with Crippen molar-refractivity contribution in [1.82, 2.24) is 0 Å². The van der Waals surface area contributed by atoms with Gasteiger partial charge in [-0.15, -0.1) is 0 Å². The number of rotatable bonds is 4. The van der Waals surface area contributed by atoms with E-state index in [1.54, 1.807) is 37.8 Å². The molecule has 0 aromatic heterocycles. The monoisotopic (exact) mass is 477 g/mol. The zero-order valence-electron chi connectivity index (χ0n) is 19.3. The van der Waals surface area contributed by atoms with E-state index in [4.69, 9.17) is 4.74 Å². The molecule has 0 bridgehead atoms. The molecule has 1 aliphatic heterocycles. The Bertz CT molecular complexity index is 1160. The van der Waals surface area contributed by atoms with Gasteiger partial charge in [-0.3, -0.25) is 0 Å². The van der Waals surface area contributed by atoms with Crippen LogP contribution in [0.5, 0.6) is 5.75 Å². The Kier molecular flexibility index (Phi) is 6.59.